The summed E-state index contributed by atoms with van der Waals surface area (Å²) in [6.07, 6.45) is -4.52. The largest absolute Gasteiger partial charge is 0.416 e. The molecule has 0 spiro atoms. The Balaban J connectivity index is 3.08. The average Bonchev–Trinajstić information content (AvgIpc) is 2.36. The van der Waals surface area contributed by atoms with Crippen LogP contribution in [0.3, 0.4) is 0 Å². The van der Waals surface area contributed by atoms with Crippen LogP contribution in [0.4, 0.5) is 13.2 Å². The molecule has 0 aliphatic heterocycles. The van der Waals surface area contributed by atoms with Gasteiger partial charge in [0.1, 0.15) is 0 Å². The van der Waals surface area contributed by atoms with E-state index in [1.54, 1.807) is 20.8 Å². The number of benzene rings is 1. The fourth-order valence-electron chi connectivity index (χ4n) is 2.14. The SMILES string of the molecule is CC(C)(C)[C](C(=O)NCCC(N)=O)c1cccc(C(F)(F)F)c1. The van der Waals surface area contributed by atoms with E-state index in [1.165, 1.54) is 12.1 Å². The van der Waals surface area contributed by atoms with E-state index in [0.717, 1.165) is 12.1 Å². The second kappa shape index (κ2) is 7.02. The first-order valence-electron chi connectivity index (χ1n) is 7.04. The molecule has 0 aliphatic rings. The van der Waals surface area contributed by atoms with Gasteiger partial charge < -0.3 is 11.1 Å². The predicted molar refractivity (Wildman–Crippen MR) is 80.1 cm³/mol. The fourth-order valence-corrected chi connectivity index (χ4v) is 2.14. The van der Waals surface area contributed by atoms with Crippen molar-refractivity contribution >= 4 is 11.8 Å². The van der Waals surface area contributed by atoms with E-state index in [-0.39, 0.29) is 24.4 Å². The Morgan fingerprint density at radius 2 is 1.78 bits per heavy atom. The van der Waals surface area contributed by atoms with Crippen LogP contribution >= 0.6 is 0 Å². The topological polar surface area (TPSA) is 72.2 Å². The first-order chi connectivity index (χ1) is 10.4. The lowest BCUT2D eigenvalue weighted by atomic mass is 9.75. The van der Waals surface area contributed by atoms with Crippen molar-refractivity contribution < 1.29 is 22.8 Å². The van der Waals surface area contributed by atoms with Crippen molar-refractivity contribution in [2.45, 2.75) is 33.4 Å². The number of alkyl halides is 3. The number of nitrogens with one attached hydrogen (secondary N) is 1. The van der Waals surface area contributed by atoms with Crippen molar-refractivity contribution in [1.29, 1.82) is 0 Å². The van der Waals surface area contributed by atoms with Gasteiger partial charge in [-0.1, -0.05) is 39.0 Å². The van der Waals surface area contributed by atoms with Gasteiger partial charge in [-0.05, 0) is 17.0 Å². The van der Waals surface area contributed by atoms with Crippen LogP contribution in [-0.4, -0.2) is 18.4 Å². The molecule has 3 N–H and O–H groups in total. The van der Waals surface area contributed by atoms with Gasteiger partial charge in [-0.2, -0.15) is 13.2 Å². The van der Waals surface area contributed by atoms with Crippen molar-refractivity contribution in [1.82, 2.24) is 5.32 Å². The van der Waals surface area contributed by atoms with Gasteiger partial charge >= 0.3 is 6.18 Å². The lowest BCUT2D eigenvalue weighted by Crippen LogP contribution is -2.38. The second-order valence-corrected chi connectivity index (χ2v) is 6.18. The Morgan fingerprint density at radius 1 is 1.17 bits per heavy atom. The van der Waals surface area contributed by atoms with Crippen LogP contribution in [0.5, 0.6) is 0 Å². The number of rotatable bonds is 5. The maximum Gasteiger partial charge on any atom is 0.416 e. The number of hydrogen-bond donors (Lipinski definition) is 2. The third kappa shape index (κ3) is 5.58. The number of primary amides is 1. The van der Waals surface area contributed by atoms with Crippen LogP contribution in [-0.2, 0) is 15.8 Å². The summed E-state index contributed by atoms with van der Waals surface area (Å²) in [7, 11) is 0. The molecule has 0 unspecified atom stereocenters. The van der Waals surface area contributed by atoms with Crippen molar-refractivity contribution in [3.63, 3.8) is 0 Å². The number of hydrogen-bond acceptors (Lipinski definition) is 2. The molecule has 0 heterocycles. The average molecular weight is 329 g/mol. The van der Waals surface area contributed by atoms with E-state index in [0.29, 0.717) is 0 Å². The molecule has 1 aromatic carbocycles. The molecule has 0 aromatic heterocycles. The fraction of sp³-hybridized carbons (Fsp3) is 0.438. The van der Waals surface area contributed by atoms with Crippen LogP contribution in [0.15, 0.2) is 24.3 Å². The minimum Gasteiger partial charge on any atom is -0.370 e. The van der Waals surface area contributed by atoms with Gasteiger partial charge in [0, 0.05) is 13.0 Å². The van der Waals surface area contributed by atoms with Crippen molar-refractivity contribution in [3.8, 4) is 0 Å². The summed E-state index contributed by atoms with van der Waals surface area (Å²) in [6.45, 7) is 5.23. The van der Waals surface area contributed by atoms with Gasteiger partial charge in [0.15, 0.2) is 0 Å². The number of amides is 2. The summed E-state index contributed by atoms with van der Waals surface area (Å²) >= 11 is 0. The first-order valence-corrected chi connectivity index (χ1v) is 7.04. The Hall–Kier alpha value is -2.05. The summed E-state index contributed by atoms with van der Waals surface area (Å²) in [4.78, 5) is 23.1. The number of carbonyl (C=O) groups excluding carboxylic acids is 2. The third-order valence-corrected chi connectivity index (χ3v) is 3.11. The number of halogens is 3. The number of carbonyl (C=O) groups is 2. The highest BCUT2D eigenvalue weighted by Gasteiger charge is 2.36. The second-order valence-electron chi connectivity index (χ2n) is 6.18. The minimum atomic E-state index is -4.48. The van der Waals surface area contributed by atoms with Crippen LogP contribution in [0.2, 0.25) is 0 Å². The van der Waals surface area contributed by atoms with Gasteiger partial charge in [-0.3, -0.25) is 9.59 Å². The zero-order valence-corrected chi connectivity index (χ0v) is 13.3. The highest BCUT2D eigenvalue weighted by molar-refractivity contribution is 5.95. The van der Waals surface area contributed by atoms with Crippen molar-refractivity contribution in [3.05, 3.63) is 41.3 Å². The quantitative estimate of drug-likeness (QED) is 0.872. The number of nitrogens with two attached hydrogens (primary N) is 1. The van der Waals surface area contributed by atoms with Gasteiger partial charge in [0.2, 0.25) is 11.8 Å². The molecule has 23 heavy (non-hydrogen) atoms. The Kier molecular flexibility index (Phi) is 5.80. The standard InChI is InChI=1S/C16H20F3N2O2/c1-15(2,3)13(14(23)21-8-7-12(20)22)10-5-4-6-11(9-10)16(17,18)19/h4-6,9H,7-8H2,1-3H3,(H2,20,22)(H,21,23). The van der Waals surface area contributed by atoms with Gasteiger partial charge in [0.25, 0.3) is 0 Å². The maximum absolute atomic E-state index is 12.9. The van der Waals surface area contributed by atoms with Crippen LogP contribution < -0.4 is 11.1 Å². The normalized spacial score (nSPS) is 12.3. The van der Waals surface area contributed by atoms with E-state index in [9.17, 15) is 22.8 Å². The molecule has 7 heteroatoms. The smallest absolute Gasteiger partial charge is 0.370 e. The van der Waals surface area contributed by atoms with Crippen LogP contribution in [0, 0.1) is 11.3 Å². The first kappa shape index (κ1) is 19.0. The van der Waals surface area contributed by atoms with Crippen molar-refractivity contribution in [2.75, 3.05) is 6.54 Å². The highest BCUT2D eigenvalue weighted by atomic mass is 19.4. The molecule has 0 saturated carbocycles. The Morgan fingerprint density at radius 3 is 2.26 bits per heavy atom. The zero-order valence-electron chi connectivity index (χ0n) is 13.3. The molecule has 1 aromatic rings. The van der Waals surface area contributed by atoms with E-state index in [1.807, 2.05) is 0 Å². The Labute approximate surface area is 133 Å². The monoisotopic (exact) mass is 329 g/mol. The summed E-state index contributed by atoms with van der Waals surface area (Å²) in [5.41, 5.74) is 3.70. The van der Waals surface area contributed by atoms with Gasteiger partial charge in [-0.25, -0.2) is 0 Å². The van der Waals surface area contributed by atoms with E-state index < -0.39 is 29.0 Å². The lowest BCUT2D eigenvalue weighted by Gasteiger charge is -2.29. The minimum absolute atomic E-state index is 0.0344. The van der Waals surface area contributed by atoms with Crippen LogP contribution in [0.1, 0.15) is 38.3 Å². The molecular formula is C16H20F3N2O2. The molecule has 2 amide bonds. The third-order valence-electron chi connectivity index (χ3n) is 3.11. The van der Waals surface area contributed by atoms with Gasteiger partial charge in [-0.15, -0.1) is 0 Å². The summed E-state index contributed by atoms with van der Waals surface area (Å²) in [5, 5.41) is 2.52. The molecule has 0 aliphatic carbocycles. The molecule has 1 radical (unpaired) electrons. The zero-order chi connectivity index (χ0) is 17.8. The molecule has 0 saturated heterocycles. The lowest BCUT2D eigenvalue weighted by molar-refractivity contribution is -0.137. The molecule has 0 bridgehead atoms. The van der Waals surface area contributed by atoms with Gasteiger partial charge in [0.05, 0.1) is 11.5 Å². The molecular weight excluding hydrogens is 309 g/mol. The van der Waals surface area contributed by atoms with Crippen LogP contribution in [0.25, 0.3) is 0 Å². The summed E-state index contributed by atoms with van der Waals surface area (Å²) < 4.78 is 38.6. The molecule has 1 rings (SSSR count). The summed E-state index contributed by atoms with van der Waals surface area (Å²) in [6, 6.07) is 4.63. The molecule has 127 valence electrons. The Bertz CT molecular complexity index is 577. The molecule has 4 nitrogen and oxygen atoms in total. The van der Waals surface area contributed by atoms with E-state index in [4.69, 9.17) is 5.73 Å². The maximum atomic E-state index is 12.9. The van der Waals surface area contributed by atoms with Crippen molar-refractivity contribution in [2.24, 2.45) is 11.1 Å². The van der Waals surface area contributed by atoms with E-state index >= 15 is 0 Å². The predicted octanol–water partition coefficient (Wildman–Crippen LogP) is 2.67. The molecule has 0 atom stereocenters. The molecule has 0 fully saturated rings. The highest BCUT2D eigenvalue weighted by Crippen LogP contribution is 2.37. The van der Waals surface area contributed by atoms with E-state index in [2.05, 4.69) is 5.32 Å². The summed E-state index contributed by atoms with van der Waals surface area (Å²) in [5.74, 6) is -0.868.